The van der Waals surface area contributed by atoms with Crippen LogP contribution in [-0.4, -0.2) is 15.1 Å². The molecule has 1 heterocycles. The molecule has 1 aliphatic rings. The fraction of sp³-hybridized carbons (Fsp3) is 0.500. The van der Waals surface area contributed by atoms with Crippen LogP contribution < -0.4 is 0 Å². The molecule has 26 heavy (non-hydrogen) atoms. The first-order valence-corrected chi connectivity index (χ1v) is 9.13. The van der Waals surface area contributed by atoms with Crippen molar-refractivity contribution >= 4 is 17.4 Å². The maximum atomic E-state index is 12.9. The van der Waals surface area contributed by atoms with Crippen LogP contribution >= 0.6 is 11.8 Å². The van der Waals surface area contributed by atoms with Crippen LogP contribution in [-0.2, 0) is 11.9 Å². The Morgan fingerprint density at radius 3 is 2.58 bits per heavy atom. The number of nitro groups is 1. The first kappa shape index (κ1) is 18.7. The van der Waals surface area contributed by atoms with Gasteiger partial charge in [0.05, 0.1) is 10.5 Å². The zero-order chi connectivity index (χ0) is 18.7. The highest BCUT2D eigenvalue weighted by atomic mass is 32.2. The van der Waals surface area contributed by atoms with E-state index >= 15 is 0 Å². The van der Waals surface area contributed by atoms with Gasteiger partial charge >= 0.3 is 6.18 Å². The second kappa shape index (κ2) is 7.65. The van der Waals surface area contributed by atoms with E-state index in [1.54, 1.807) is 0 Å². The van der Waals surface area contributed by atoms with Gasteiger partial charge in [0.1, 0.15) is 0 Å². The standard InChI is InChI=1S/C16H16F3N3O3S/c17-16(18,19)12-6-10(7-13(8-12)22(23)24)9-26-15-21-20-14(25-15)11-4-2-1-3-5-11/h6-8,11H,1-5,9H2. The zero-order valence-electron chi connectivity index (χ0n) is 13.7. The molecule has 1 saturated carbocycles. The Kier molecular flexibility index (Phi) is 5.49. The average molecular weight is 387 g/mol. The lowest BCUT2D eigenvalue weighted by molar-refractivity contribution is -0.385. The van der Waals surface area contributed by atoms with Crippen molar-refractivity contribution in [3.63, 3.8) is 0 Å². The van der Waals surface area contributed by atoms with Crippen molar-refractivity contribution in [3.05, 3.63) is 45.3 Å². The number of thioether (sulfide) groups is 1. The average Bonchev–Trinajstić information content (AvgIpc) is 3.09. The van der Waals surface area contributed by atoms with Crippen molar-refractivity contribution in [1.29, 1.82) is 0 Å². The number of benzene rings is 1. The summed E-state index contributed by atoms with van der Waals surface area (Å²) in [4.78, 5) is 10.0. The van der Waals surface area contributed by atoms with Crippen molar-refractivity contribution in [2.75, 3.05) is 0 Å². The van der Waals surface area contributed by atoms with E-state index in [1.165, 1.54) is 6.42 Å². The molecule has 1 aromatic heterocycles. The molecule has 6 nitrogen and oxygen atoms in total. The van der Waals surface area contributed by atoms with E-state index < -0.39 is 22.4 Å². The summed E-state index contributed by atoms with van der Waals surface area (Å²) in [7, 11) is 0. The smallest absolute Gasteiger partial charge is 0.416 e. The van der Waals surface area contributed by atoms with Gasteiger partial charge in [-0.1, -0.05) is 31.0 Å². The van der Waals surface area contributed by atoms with Crippen LogP contribution in [0, 0.1) is 10.1 Å². The van der Waals surface area contributed by atoms with E-state index in [9.17, 15) is 23.3 Å². The van der Waals surface area contributed by atoms with Crippen molar-refractivity contribution in [1.82, 2.24) is 10.2 Å². The van der Waals surface area contributed by atoms with E-state index in [-0.39, 0.29) is 22.5 Å². The maximum Gasteiger partial charge on any atom is 0.416 e. The third-order valence-corrected chi connectivity index (χ3v) is 5.14. The minimum atomic E-state index is -4.65. The van der Waals surface area contributed by atoms with Crippen molar-refractivity contribution < 1.29 is 22.5 Å². The van der Waals surface area contributed by atoms with Gasteiger partial charge in [-0.15, -0.1) is 10.2 Å². The number of non-ortho nitro benzene ring substituents is 1. The van der Waals surface area contributed by atoms with Crippen LogP contribution in [0.25, 0.3) is 0 Å². The normalized spacial score (nSPS) is 16.0. The van der Waals surface area contributed by atoms with Crippen molar-refractivity contribution in [2.24, 2.45) is 0 Å². The molecule has 2 aromatic rings. The van der Waals surface area contributed by atoms with Gasteiger partial charge in [-0.3, -0.25) is 10.1 Å². The highest BCUT2D eigenvalue weighted by Gasteiger charge is 2.32. The van der Waals surface area contributed by atoms with Crippen LogP contribution in [0.3, 0.4) is 0 Å². The third kappa shape index (κ3) is 4.54. The molecule has 1 aromatic carbocycles. The molecule has 0 saturated heterocycles. The molecule has 0 atom stereocenters. The van der Waals surface area contributed by atoms with Crippen LogP contribution in [0.15, 0.2) is 27.8 Å². The van der Waals surface area contributed by atoms with Gasteiger partial charge in [0, 0.05) is 23.8 Å². The molecular formula is C16H16F3N3O3S. The van der Waals surface area contributed by atoms with Gasteiger partial charge in [0.2, 0.25) is 5.89 Å². The number of aromatic nitrogens is 2. The van der Waals surface area contributed by atoms with Crippen molar-refractivity contribution in [3.8, 4) is 0 Å². The lowest BCUT2D eigenvalue weighted by atomic mass is 9.89. The number of hydrogen-bond donors (Lipinski definition) is 0. The van der Waals surface area contributed by atoms with Crippen LogP contribution in [0.2, 0.25) is 0 Å². The maximum absolute atomic E-state index is 12.9. The number of rotatable bonds is 5. The Hall–Kier alpha value is -2.10. The van der Waals surface area contributed by atoms with Gasteiger partial charge in [-0.05, 0) is 24.5 Å². The molecule has 1 aliphatic carbocycles. The number of nitro benzene ring substituents is 1. The van der Waals surface area contributed by atoms with Crippen LogP contribution in [0.5, 0.6) is 0 Å². The van der Waals surface area contributed by atoms with Gasteiger partial charge in [-0.25, -0.2) is 0 Å². The summed E-state index contributed by atoms with van der Waals surface area (Å²) in [6, 6.07) is 2.56. The highest BCUT2D eigenvalue weighted by Crippen LogP contribution is 2.35. The molecular weight excluding hydrogens is 371 g/mol. The third-order valence-electron chi connectivity index (χ3n) is 4.25. The SMILES string of the molecule is O=[N+]([O-])c1cc(CSc2nnc(C3CCCCC3)o2)cc(C(F)(F)F)c1. The van der Waals surface area contributed by atoms with E-state index in [0.717, 1.165) is 49.6 Å². The van der Waals surface area contributed by atoms with E-state index in [2.05, 4.69) is 10.2 Å². The molecule has 0 unspecified atom stereocenters. The van der Waals surface area contributed by atoms with Gasteiger partial charge in [-0.2, -0.15) is 13.2 Å². The predicted octanol–water partition coefficient (Wildman–Crippen LogP) is 5.34. The predicted molar refractivity (Wildman–Crippen MR) is 87.8 cm³/mol. The Labute approximate surface area is 151 Å². The second-order valence-corrected chi connectivity index (χ2v) is 7.10. The van der Waals surface area contributed by atoms with Gasteiger partial charge in [0.15, 0.2) is 0 Å². The molecule has 1 fully saturated rings. The summed E-state index contributed by atoms with van der Waals surface area (Å²) in [6.45, 7) is 0. The Morgan fingerprint density at radius 2 is 1.92 bits per heavy atom. The summed E-state index contributed by atoms with van der Waals surface area (Å²) in [5.41, 5.74) is -1.46. The van der Waals surface area contributed by atoms with E-state index in [4.69, 9.17) is 4.42 Å². The second-order valence-electron chi connectivity index (χ2n) is 6.17. The Balaban J connectivity index is 1.72. The lowest BCUT2D eigenvalue weighted by Crippen LogP contribution is -2.06. The monoisotopic (exact) mass is 387 g/mol. The first-order valence-electron chi connectivity index (χ1n) is 8.14. The minimum Gasteiger partial charge on any atom is -0.416 e. The Bertz CT molecular complexity index is 789. The minimum absolute atomic E-state index is 0.0665. The van der Waals surface area contributed by atoms with Crippen LogP contribution in [0.4, 0.5) is 18.9 Å². The molecule has 0 N–H and O–H groups in total. The molecule has 0 radical (unpaired) electrons. The molecule has 3 rings (SSSR count). The first-order chi connectivity index (χ1) is 12.3. The summed E-state index contributed by atoms with van der Waals surface area (Å²) in [6.07, 6.45) is 0.760. The van der Waals surface area contributed by atoms with Crippen LogP contribution in [0.1, 0.15) is 55.0 Å². The van der Waals surface area contributed by atoms with E-state index in [1.807, 2.05) is 0 Å². The molecule has 0 aliphatic heterocycles. The number of hydrogen-bond acceptors (Lipinski definition) is 6. The lowest BCUT2D eigenvalue weighted by Gasteiger charge is -2.17. The largest absolute Gasteiger partial charge is 0.416 e. The molecule has 0 spiro atoms. The van der Waals surface area contributed by atoms with E-state index in [0.29, 0.717) is 12.0 Å². The van der Waals surface area contributed by atoms with Gasteiger partial charge in [0.25, 0.3) is 10.9 Å². The molecule has 0 bridgehead atoms. The Morgan fingerprint density at radius 1 is 1.19 bits per heavy atom. The molecule has 10 heteroatoms. The molecule has 140 valence electrons. The fourth-order valence-corrected chi connectivity index (χ4v) is 3.66. The zero-order valence-corrected chi connectivity index (χ0v) is 14.5. The summed E-state index contributed by atoms with van der Waals surface area (Å²) in [5, 5.41) is 19.1. The number of nitrogens with zero attached hydrogens (tertiary/aromatic N) is 3. The number of halogens is 3. The fourth-order valence-electron chi connectivity index (χ4n) is 2.96. The molecule has 0 amide bonds. The number of alkyl halides is 3. The van der Waals surface area contributed by atoms with Crippen molar-refractivity contribution in [2.45, 2.75) is 55.2 Å². The van der Waals surface area contributed by atoms with Gasteiger partial charge < -0.3 is 4.42 Å². The summed E-state index contributed by atoms with van der Waals surface area (Å²) < 4.78 is 44.3. The highest BCUT2D eigenvalue weighted by molar-refractivity contribution is 7.98. The topological polar surface area (TPSA) is 82.1 Å². The summed E-state index contributed by atoms with van der Waals surface area (Å²) in [5.74, 6) is 0.860. The summed E-state index contributed by atoms with van der Waals surface area (Å²) >= 11 is 1.07. The quantitative estimate of drug-likeness (QED) is 0.391.